The predicted octanol–water partition coefficient (Wildman–Crippen LogP) is 2.92. The summed E-state index contributed by atoms with van der Waals surface area (Å²) >= 11 is 0. The van der Waals surface area contributed by atoms with Crippen LogP contribution in [0.4, 0.5) is 0 Å². The van der Waals surface area contributed by atoms with Gasteiger partial charge in [0.25, 0.3) is 0 Å². The minimum absolute atomic E-state index is 0.0600. The summed E-state index contributed by atoms with van der Waals surface area (Å²) in [5, 5.41) is 9.02. The Kier molecular flexibility index (Phi) is 4.71. The molecule has 1 heterocycles. The molecule has 0 aromatic heterocycles. The highest BCUT2D eigenvalue weighted by atomic mass is 16.4. The van der Waals surface area contributed by atoms with Crippen molar-refractivity contribution in [2.45, 2.75) is 58.8 Å². The van der Waals surface area contributed by atoms with Crippen molar-refractivity contribution in [2.24, 2.45) is 17.3 Å². The van der Waals surface area contributed by atoms with Crippen molar-refractivity contribution in [3.05, 3.63) is 0 Å². The van der Waals surface area contributed by atoms with Gasteiger partial charge in [-0.2, -0.15) is 0 Å². The number of carbonyl (C=O) groups excluding carboxylic acids is 1. The Labute approximate surface area is 121 Å². The lowest BCUT2D eigenvalue weighted by Gasteiger charge is -2.42. The number of nitrogens with zero attached hydrogens (tertiary/aromatic N) is 1. The molecular weight excluding hydrogens is 254 g/mol. The number of likely N-dealkylation sites (tertiary alicyclic amines) is 1. The van der Waals surface area contributed by atoms with E-state index >= 15 is 0 Å². The van der Waals surface area contributed by atoms with Gasteiger partial charge >= 0.3 is 5.97 Å². The number of carboxylic acids is 1. The van der Waals surface area contributed by atoms with Crippen LogP contribution in [0.25, 0.3) is 0 Å². The summed E-state index contributed by atoms with van der Waals surface area (Å²) < 4.78 is 0. The Hall–Kier alpha value is -1.06. The van der Waals surface area contributed by atoms with Gasteiger partial charge in [0.15, 0.2) is 0 Å². The van der Waals surface area contributed by atoms with Gasteiger partial charge in [0.2, 0.25) is 5.91 Å². The molecule has 0 bridgehead atoms. The van der Waals surface area contributed by atoms with E-state index in [4.69, 9.17) is 5.11 Å². The van der Waals surface area contributed by atoms with E-state index < -0.39 is 5.97 Å². The van der Waals surface area contributed by atoms with Gasteiger partial charge in [0.05, 0.1) is 5.92 Å². The van der Waals surface area contributed by atoms with Crippen LogP contribution < -0.4 is 0 Å². The fourth-order valence-corrected chi connectivity index (χ4v) is 3.64. The molecule has 0 aromatic carbocycles. The highest BCUT2D eigenvalue weighted by molar-refractivity contribution is 5.79. The van der Waals surface area contributed by atoms with Gasteiger partial charge in [-0.25, -0.2) is 0 Å². The zero-order valence-corrected chi connectivity index (χ0v) is 12.7. The molecule has 2 fully saturated rings. The van der Waals surface area contributed by atoms with Gasteiger partial charge in [-0.1, -0.05) is 13.8 Å². The zero-order valence-electron chi connectivity index (χ0n) is 12.7. The summed E-state index contributed by atoms with van der Waals surface area (Å²) in [6, 6.07) is 0. The topological polar surface area (TPSA) is 57.6 Å². The Morgan fingerprint density at radius 2 is 1.80 bits per heavy atom. The van der Waals surface area contributed by atoms with Crippen LogP contribution in [0.3, 0.4) is 0 Å². The molecule has 1 atom stereocenters. The maximum absolute atomic E-state index is 12.6. The maximum Gasteiger partial charge on any atom is 0.306 e. The molecule has 0 aromatic rings. The number of amides is 1. The summed E-state index contributed by atoms with van der Waals surface area (Å²) in [5.74, 6) is -0.605. The second-order valence-electron chi connectivity index (χ2n) is 6.91. The third-order valence-electron chi connectivity index (χ3n) is 5.37. The highest BCUT2D eigenvalue weighted by Gasteiger charge is 2.36. The summed E-state index contributed by atoms with van der Waals surface area (Å²) in [6.45, 7) is 6.23. The SMILES string of the molecule is CCC1(C)CCCN(C(=O)C2CCC(C(=O)O)CC2)C1. The standard InChI is InChI=1S/C16H27NO3/c1-3-16(2)9-4-10-17(11-16)14(18)12-5-7-13(8-6-12)15(19)20/h12-13H,3-11H2,1-2H3,(H,19,20). The third kappa shape index (κ3) is 3.33. The van der Waals surface area contributed by atoms with Crippen LogP contribution in [0.1, 0.15) is 58.8 Å². The normalized spacial score (nSPS) is 34.8. The van der Waals surface area contributed by atoms with Crippen LogP contribution in [0.5, 0.6) is 0 Å². The fraction of sp³-hybridized carbons (Fsp3) is 0.875. The van der Waals surface area contributed by atoms with E-state index in [1.807, 2.05) is 4.90 Å². The van der Waals surface area contributed by atoms with Crippen molar-refractivity contribution in [3.8, 4) is 0 Å². The molecule has 2 rings (SSSR count). The van der Waals surface area contributed by atoms with Gasteiger partial charge < -0.3 is 10.0 Å². The zero-order chi connectivity index (χ0) is 14.8. The average molecular weight is 281 g/mol. The quantitative estimate of drug-likeness (QED) is 0.865. The van der Waals surface area contributed by atoms with Crippen molar-refractivity contribution in [1.82, 2.24) is 4.90 Å². The first-order valence-corrected chi connectivity index (χ1v) is 7.97. The first-order chi connectivity index (χ1) is 9.45. The maximum atomic E-state index is 12.6. The second-order valence-corrected chi connectivity index (χ2v) is 6.91. The van der Waals surface area contributed by atoms with E-state index in [0.29, 0.717) is 12.8 Å². The third-order valence-corrected chi connectivity index (χ3v) is 5.37. The molecule has 2 aliphatic rings. The predicted molar refractivity (Wildman–Crippen MR) is 77.3 cm³/mol. The first-order valence-electron chi connectivity index (χ1n) is 7.97. The molecule has 1 unspecified atom stereocenters. The van der Waals surface area contributed by atoms with Gasteiger partial charge in [-0.05, 0) is 50.4 Å². The largest absolute Gasteiger partial charge is 0.481 e. The number of aliphatic carboxylic acids is 1. The van der Waals surface area contributed by atoms with Crippen LogP contribution in [-0.2, 0) is 9.59 Å². The van der Waals surface area contributed by atoms with E-state index in [2.05, 4.69) is 13.8 Å². The number of piperidine rings is 1. The second kappa shape index (κ2) is 6.15. The van der Waals surface area contributed by atoms with Crippen molar-refractivity contribution in [2.75, 3.05) is 13.1 Å². The Bertz CT molecular complexity index is 374. The summed E-state index contributed by atoms with van der Waals surface area (Å²) in [5.41, 5.74) is 0.270. The lowest BCUT2D eigenvalue weighted by Crippen LogP contribution is -2.47. The van der Waals surface area contributed by atoms with Crippen LogP contribution in [0, 0.1) is 17.3 Å². The van der Waals surface area contributed by atoms with Gasteiger partial charge in [-0.15, -0.1) is 0 Å². The minimum Gasteiger partial charge on any atom is -0.481 e. The van der Waals surface area contributed by atoms with Crippen molar-refractivity contribution in [3.63, 3.8) is 0 Å². The van der Waals surface area contributed by atoms with E-state index in [1.54, 1.807) is 0 Å². The van der Waals surface area contributed by atoms with Gasteiger partial charge in [-0.3, -0.25) is 9.59 Å². The van der Waals surface area contributed by atoms with Gasteiger partial charge in [0, 0.05) is 19.0 Å². The summed E-state index contributed by atoms with van der Waals surface area (Å²) in [7, 11) is 0. The molecule has 0 spiro atoms. The number of hydrogen-bond donors (Lipinski definition) is 1. The Morgan fingerprint density at radius 3 is 2.35 bits per heavy atom. The van der Waals surface area contributed by atoms with E-state index in [-0.39, 0.29) is 23.2 Å². The lowest BCUT2D eigenvalue weighted by atomic mass is 9.78. The molecule has 1 saturated heterocycles. The van der Waals surface area contributed by atoms with Crippen molar-refractivity contribution >= 4 is 11.9 Å². The van der Waals surface area contributed by atoms with E-state index in [0.717, 1.165) is 38.8 Å². The lowest BCUT2D eigenvalue weighted by molar-refractivity contribution is -0.146. The number of rotatable bonds is 3. The molecule has 1 saturated carbocycles. The molecule has 20 heavy (non-hydrogen) atoms. The molecular formula is C16H27NO3. The van der Waals surface area contributed by atoms with Crippen molar-refractivity contribution in [1.29, 1.82) is 0 Å². The van der Waals surface area contributed by atoms with Gasteiger partial charge in [0.1, 0.15) is 0 Å². The molecule has 1 aliphatic carbocycles. The molecule has 4 nitrogen and oxygen atoms in total. The van der Waals surface area contributed by atoms with Crippen LogP contribution in [-0.4, -0.2) is 35.0 Å². The highest BCUT2D eigenvalue weighted by Crippen LogP contribution is 2.35. The van der Waals surface area contributed by atoms with Crippen LogP contribution in [0.15, 0.2) is 0 Å². The molecule has 114 valence electrons. The Balaban J connectivity index is 1.90. The Morgan fingerprint density at radius 1 is 1.20 bits per heavy atom. The van der Waals surface area contributed by atoms with Crippen LogP contribution in [0.2, 0.25) is 0 Å². The summed E-state index contributed by atoms with van der Waals surface area (Å²) in [4.78, 5) is 25.6. The molecule has 1 amide bonds. The van der Waals surface area contributed by atoms with E-state index in [9.17, 15) is 9.59 Å². The van der Waals surface area contributed by atoms with Crippen LogP contribution >= 0.6 is 0 Å². The molecule has 0 radical (unpaired) electrons. The number of hydrogen-bond acceptors (Lipinski definition) is 2. The first kappa shape index (κ1) is 15.3. The number of carboxylic acid groups (broad SMARTS) is 1. The average Bonchev–Trinajstić information content (AvgIpc) is 2.46. The molecule has 1 aliphatic heterocycles. The summed E-state index contributed by atoms with van der Waals surface area (Å²) in [6.07, 6.45) is 6.22. The minimum atomic E-state index is -0.701. The fourth-order valence-electron chi connectivity index (χ4n) is 3.64. The van der Waals surface area contributed by atoms with Crippen molar-refractivity contribution < 1.29 is 14.7 Å². The van der Waals surface area contributed by atoms with E-state index in [1.165, 1.54) is 6.42 Å². The monoisotopic (exact) mass is 281 g/mol. The smallest absolute Gasteiger partial charge is 0.306 e. The molecule has 1 N–H and O–H groups in total. The number of carbonyl (C=O) groups is 2. The molecule has 4 heteroatoms.